The summed E-state index contributed by atoms with van der Waals surface area (Å²) < 4.78 is 30.9. The molecule has 0 aromatic heterocycles. The SMILES string of the molecule is COc1cc(N2CC(F)(F)C2)ccc1C(C)C. The van der Waals surface area contributed by atoms with Gasteiger partial charge in [-0.25, -0.2) is 8.78 Å². The van der Waals surface area contributed by atoms with E-state index in [9.17, 15) is 8.78 Å². The van der Waals surface area contributed by atoms with Crippen molar-refractivity contribution in [1.82, 2.24) is 0 Å². The number of nitrogens with zero attached hydrogens (tertiary/aromatic N) is 1. The van der Waals surface area contributed by atoms with Gasteiger partial charge in [0.25, 0.3) is 5.92 Å². The lowest BCUT2D eigenvalue weighted by molar-refractivity contribution is -0.0262. The molecule has 0 saturated carbocycles. The van der Waals surface area contributed by atoms with Gasteiger partial charge in [-0.3, -0.25) is 0 Å². The molecule has 0 spiro atoms. The Kier molecular flexibility index (Phi) is 2.98. The zero-order chi connectivity index (χ0) is 12.6. The first-order chi connectivity index (χ1) is 7.93. The van der Waals surface area contributed by atoms with Crippen LogP contribution in [0.4, 0.5) is 14.5 Å². The monoisotopic (exact) mass is 241 g/mol. The van der Waals surface area contributed by atoms with Crippen LogP contribution in [0, 0.1) is 0 Å². The van der Waals surface area contributed by atoms with E-state index in [1.165, 1.54) is 0 Å². The van der Waals surface area contributed by atoms with Crippen molar-refractivity contribution >= 4 is 5.69 Å². The fraction of sp³-hybridized carbons (Fsp3) is 0.538. The highest BCUT2D eigenvalue weighted by Gasteiger charge is 2.44. The van der Waals surface area contributed by atoms with Gasteiger partial charge in [0, 0.05) is 11.8 Å². The second kappa shape index (κ2) is 4.17. The summed E-state index contributed by atoms with van der Waals surface area (Å²) >= 11 is 0. The van der Waals surface area contributed by atoms with Crippen LogP contribution in [0.5, 0.6) is 5.75 Å². The van der Waals surface area contributed by atoms with E-state index in [1.54, 1.807) is 12.0 Å². The maximum atomic E-state index is 12.8. The molecule has 94 valence electrons. The lowest BCUT2D eigenvalue weighted by Crippen LogP contribution is -2.56. The molecule has 1 aliphatic rings. The third kappa shape index (κ3) is 2.35. The van der Waals surface area contributed by atoms with Gasteiger partial charge in [0.2, 0.25) is 0 Å². The maximum absolute atomic E-state index is 12.8. The minimum Gasteiger partial charge on any atom is -0.496 e. The number of hydrogen-bond acceptors (Lipinski definition) is 2. The summed E-state index contributed by atoms with van der Waals surface area (Å²) in [5.41, 5.74) is 1.90. The van der Waals surface area contributed by atoms with Crippen molar-refractivity contribution in [2.24, 2.45) is 0 Å². The third-order valence-electron chi connectivity index (χ3n) is 3.05. The van der Waals surface area contributed by atoms with E-state index in [-0.39, 0.29) is 13.1 Å². The van der Waals surface area contributed by atoms with Crippen LogP contribution in [0.2, 0.25) is 0 Å². The molecule has 1 aromatic rings. The van der Waals surface area contributed by atoms with E-state index < -0.39 is 5.92 Å². The number of methoxy groups -OCH3 is 1. The van der Waals surface area contributed by atoms with Crippen LogP contribution in [0.25, 0.3) is 0 Å². The topological polar surface area (TPSA) is 12.5 Å². The zero-order valence-electron chi connectivity index (χ0n) is 10.3. The summed E-state index contributed by atoms with van der Waals surface area (Å²) in [5, 5.41) is 0. The number of ether oxygens (including phenoxy) is 1. The molecule has 1 aliphatic heterocycles. The van der Waals surface area contributed by atoms with Crippen molar-refractivity contribution < 1.29 is 13.5 Å². The van der Waals surface area contributed by atoms with Crippen LogP contribution in [0.1, 0.15) is 25.3 Å². The average Bonchev–Trinajstić information content (AvgIpc) is 2.24. The normalized spacial score (nSPS) is 18.1. The molecule has 1 saturated heterocycles. The van der Waals surface area contributed by atoms with Gasteiger partial charge in [-0.2, -0.15) is 0 Å². The molecule has 0 unspecified atom stereocenters. The molecule has 1 aromatic carbocycles. The van der Waals surface area contributed by atoms with Gasteiger partial charge in [-0.1, -0.05) is 19.9 Å². The van der Waals surface area contributed by atoms with E-state index in [4.69, 9.17) is 4.74 Å². The smallest absolute Gasteiger partial charge is 0.282 e. The molecule has 0 amide bonds. The summed E-state index contributed by atoms with van der Waals surface area (Å²) in [5.74, 6) is -1.41. The fourth-order valence-corrected chi connectivity index (χ4v) is 2.07. The molecule has 2 rings (SSSR count). The van der Waals surface area contributed by atoms with Crippen molar-refractivity contribution in [3.8, 4) is 5.75 Å². The van der Waals surface area contributed by atoms with E-state index in [1.807, 2.05) is 18.2 Å². The summed E-state index contributed by atoms with van der Waals surface area (Å²) in [6.07, 6.45) is 0. The van der Waals surface area contributed by atoms with E-state index in [0.29, 0.717) is 5.92 Å². The number of anilines is 1. The molecule has 0 N–H and O–H groups in total. The van der Waals surface area contributed by atoms with Gasteiger partial charge in [-0.15, -0.1) is 0 Å². The van der Waals surface area contributed by atoms with Crippen molar-refractivity contribution in [1.29, 1.82) is 0 Å². The van der Waals surface area contributed by atoms with E-state index >= 15 is 0 Å². The van der Waals surface area contributed by atoms with Crippen LogP contribution in [0.3, 0.4) is 0 Å². The van der Waals surface area contributed by atoms with Gasteiger partial charge in [0.05, 0.1) is 20.2 Å². The number of hydrogen-bond donors (Lipinski definition) is 0. The van der Waals surface area contributed by atoms with Gasteiger partial charge in [-0.05, 0) is 17.5 Å². The number of rotatable bonds is 3. The number of alkyl halides is 2. The Labute approximate surface area is 100 Å². The summed E-state index contributed by atoms with van der Waals surface area (Å²) in [4.78, 5) is 1.66. The Morgan fingerprint density at radius 1 is 1.29 bits per heavy atom. The molecule has 1 fully saturated rings. The Morgan fingerprint density at radius 2 is 1.94 bits per heavy atom. The first-order valence-corrected chi connectivity index (χ1v) is 5.73. The number of benzene rings is 1. The zero-order valence-corrected chi connectivity index (χ0v) is 10.3. The molecule has 4 heteroatoms. The van der Waals surface area contributed by atoms with E-state index in [0.717, 1.165) is 17.0 Å². The van der Waals surface area contributed by atoms with Gasteiger partial charge >= 0.3 is 0 Å². The van der Waals surface area contributed by atoms with Gasteiger partial charge in [0.15, 0.2) is 0 Å². The molecule has 0 atom stereocenters. The summed E-state index contributed by atoms with van der Waals surface area (Å²) in [6, 6.07) is 5.67. The first-order valence-electron chi connectivity index (χ1n) is 5.73. The predicted octanol–water partition coefficient (Wildman–Crippen LogP) is 3.27. The number of halogens is 2. The van der Waals surface area contributed by atoms with Crippen molar-refractivity contribution in [2.45, 2.75) is 25.7 Å². The largest absolute Gasteiger partial charge is 0.496 e. The second-order valence-electron chi connectivity index (χ2n) is 4.79. The molecule has 0 radical (unpaired) electrons. The minimum absolute atomic E-state index is 0.197. The maximum Gasteiger partial charge on any atom is 0.282 e. The lowest BCUT2D eigenvalue weighted by Gasteiger charge is -2.40. The Morgan fingerprint density at radius 3 is 2.41 bits per heavy atom. The molecular weight excluding hydrogens is 224 g/mol. The Hall–Kier alpha value is -1.32. The summed E-state index contributed by atoms with van der Waals surface area (Å²) in [7, 11) is 1.61. The quantitative estimate of drug-likeness (QED) is 0.805. The molecule has 0 bridgehead atoms. The van der Waals surface area contributed by atoms with Gasteiger partial charge < -0.3 is 9.64 Å². The third-order valence-corrected chi connectivity index (χ3v) is 3.05. The standard InChI is InChI=1S/C13H17F2NO/c1-9(2)11-5-4-10(6-12(11)17-3)16-7-13(14,15)8-16/h4-6,9H,7-8H2,1-3H3. The molecular formula is C13H17F2NO. The first kappa shape index (κ1) is 12.1. The molecule has 17 heavy (non-hydrogen) atoms. The predicted molar refractivity (Wildman–Crippen MR) is 64.2 cm³/mol. The highest BCUT2D eigenvalue weighted by Crippen LogP contribution is 2.36. The second-order valence-corrected chi connectivity index (χ2v) is 4.79. The molecule has 2 nitrogen and oxygen atoms in total. The molecule has 0 aliphatic carbocycles. The van der Waals surface area contributed by atoms with Crippen molar-refractivity contribution in [2.75, 3.05) is 25.1 Å². The minimum atomic E-state index is -2.54. The average molecular weight is 241 g/mol. The van der Waals surface area contributed by atoms with Crippen molar-refractivity contribution in [3.05, 3.63) is 23.8 Å². The summed E-state index contributed by atoms with van der Waals surface area (Å²) in [6.45, 7) is 3.76. The van der Waals surface area contributed by atoms with Crippen LogP contribution in [0.15, 0.2) is 18.2 Å². The highest BCUT2D eigenvalue weighted by molar-refractivity contribution is 5.56. The van der Waals surface area contributed by atoms with Crippen LogP contribution in [-0.2, 0) is 0 Å². The fourth-order valence-electron chi connectivity index (χ4n) is 2.07. The van der Waals surface area contributed by atoms with Crippen LogP contribution < -0.4 is 9.64 Å². The molecule has 1 heterocycles. The Balaban J connectivity index is 2.21. The Bertz CT molecular complexity index is 410. The van der Waals surface area contributed by atoms with Gasteiger partial charge in [0.1, 0.15) is 5.75 Å². The van der Waals surface area contributed by atoms with E-state index in [2.05, 4.69) is 13.8 Å². The van der Waals surface area contributed by atoms with Crippen LogP contribution in [-0.4, -0.2) is 26.1 Å². The van der Waals surface area contributed by atoms with Crippen molar-refractivity contribution in [3.63, 3.8) is 0 Å². The lowest BCUT2D eigenvalue weighted by atomic mass is 10.0. The van der Waals surface area contributed by atoms with Crippen LogP contribution >= 0.6 is 0 Å². The highest BCUT2D eigenvalue weighted by atomic mass is 19.3.